The number of rotatable bonds is 9. The van der Waals surface area contributed by atoms with Crippen molar-refractivity contribution in [1.82, 2.24) is 10.6 Å². The van der Waals surface area contributed by atoms with Gasteiger partial charge in [-0.15, -0.1) is 24.0 Å². The van der Waals surface area contributed by atoms with Crippen LogP contribution in [0.15, 0.2) is 29.3 Å². The Balaban J connectivity index is 0.00000392. The number of guanidine groups is 1. The molecule has 1 unspecified atom stereocenters. The van der Waals surface area contributed by atoms with E-state index in [0.717, 1.165) is 62.2 Å². The molecule has 0 amide bonds. The van der Waals surface area contributed by atoms with Crippen molar-refractivity contribution < 1.29 is 9.47 Å². The van der Waals surface area contributed by atoms with Crippen molar-refractivity contribution in [3.8, 4) is 5.75 Å². The van der Waals surface area contributed by atoms with E-state index in [0.29, 0.717) is 6.54 Å². The standard InChI is InChI=1S/C21H35N3O2S.HI/c1-5-22-20(24-16-21(27-6-2)11-13-25-14-12-21)23-15-18(4)26-19-10-8-7-9-17(19)3;/h7-10,18H,5-6,11-16H2,1-4H3,(H2,22,23,24);1H. The van der Waals surface area contributed by atoms with Gasteiger partial charge in [0.1, 0.15) is 11.9 Å². The maximum Gasteiger partial charge on any atom is 0.191 e. The molecule has 0 bridgehead atoms. The number of ether oxygens (including phenoxy) is 2. The van der Waals surface area contributed by atoms with E-state index in [1.165, 1.54) is 0 Å². The van der Waals surface area contributed by atoms with Crippen LogP contribution in [0.3, 0.4) is 0 Å². The van der Waals surface area contributed by atoms with Crippen molar-refractivity contribution in [3.05, 3.63) is 29.8 Å². The van der Waals surface area contributed by atoms with Gasteiger partial charge in [-0.05, 0) is 51.0 Å². The summed E-state index contributed by atoms with van der Waals surface area (Å²) in [4.78, 5) is 4.89. The number of halogens is 1. The third-order valence-corrected chi connectivity index (χ3v) is 6.14. The number of para-hydroxylation sites is 1. The zero-order valence-electron chi connectivity index (χ0n) is 17.6. The van der Waals surface area contributed by atoms with Gasteiger partial charge in [-0.1, -0.05) is 25.1 Å². The molecule has 28 heavy (non-hydrogen) atoms. The number of hydrogen-bond acceptors (Lipinski definition) is 4. The highest BCUT2D eigenvalue weighted by Gasteiger charge is 2.32. The van der Waals surface area contributed by atoms with Gasteiger partial charge in [0.05, 0.1) is 13.1 Å². The van der Waals surface area contributed by atoms with Crippen molar-refractivity contribution in [2.45, 2.75) is 51.4 Å². The molecule has 2 N–H and O–H groups in total. The highest BCUT2D eigenvalue weighted by atomic mass is 127. The lowest BCUT2D eigenvalue weighted by atomic mass is 9.99. The van der Waals surface area contributed by atoms with Crippen LogP contribution in [0.4, 0.5) is 0 Å². The summed E-state index contributed by atoms with van der Waals surface area (Å²) in [5, 5.41) is 6.79. The lowest BCUT2D eigenvalue weighted by Crippen LogP contribution is -2.43. The minimum atomic E-state index is 0. The molecular weight excluding hydrogens is 485 g/mol. The van der Waals surface area contributed by atoms with Crippen molar-refractivity contribution in [2.75, 3.05) is 38.6 Å². The van der Waals surface area contributed by atoms with Crippen LogP contribution in [-0.4, -0.2) is 55.4 Å². The quantitative estimate of drug-likeness (QED) is 0.289. The van der Waals surface area contributed by atoms with Gasteiger partial charge in [-0.2, -0.15) is 11.8 Å². The summed E-state index contributed by atoms with van der Waals surface area (Å²) in [6.45, 7) is 12.5. The zero-order chi connectivity index (χ0) is 19.5. The fourth-order valence-electron chi connectivity index (χ4n) is 3.15. The molecule has 0 spiro atoms. The Labute approximate surface area is 191 Å². The maximum atomic E-state index is 6.06. The molecule has 1 atom stereocenters. The Morgan fingerprint density at radius 2 is 1.96 bits per heavy atom. The molecule has 1 saturated heterocycles. The first-order valence-electron chi connectivity index (χ1n) is 10.0. The number of hydrogen-bond donors (Lipinski definition) is 2. The molecule has 2 rings (SSSR count). The number of aliphatic imine (C=N–C) groups is 1. The molecule has 0 radical (unpaired) electrons. The number of nitrogens with zero attached hydrogens (tertiary/aromatic N) is 1. The number of aryl methyl sites for hydroxylation is 1. The SMILES string of the molecule is CCNC(=NCC1(SCC)CCOCC1)NCC(C)Oc1ccccc1C.I. The third kappa shape index (κ3) is 8.37. The topological polar surface area (TPSA) is 54.9 Å². The summed E-state index contributed by atoms with van der Waals surface area (Å²) in [7, 11) is 0. The normalized spacial score (nSPS) is 17.4. The summed E-state index contributed by atoms with van der Waals surface area (Å²) < 4.78 is 11.8. The van der Waals surface area contributed by atoms with Crippen molar-refractivity contribution in [1.29, 1.82) is 0 Å². The molecule has 160 valence electrons. The molecule has 5 nitrogen and oxygen atoms in total. The average molecular weight is 522 g/mol. The minimum absolute atomic E-state index is 0. The van der Waals surface area contributed by atoms with Crippen LogP contribution >= 0.6 is 35.7 Å². The molecule has 0 saturated carbocycles. The Kier molecular flexibility index (Phi) is 12.3. The van der Waals surface area contributed by atoms with Crippen molar-refractivity contribution in [3.63, 3.8) is 0 Å². The molecule has 7 heteroatoms. The van der Waals surface area contributed by atoms with E-state index in [4.69, 9.17) is 14.5 Å². The highest BCUT2D eigenvalue weighted by molar-refractivity contribution is 14.0. The second-order valence-corrected chi connectivity index (χ2v) is 8.73. The van der Waals surface area contributed by atoms with Gasteiger partial charge in [-0.3, -0.25) is 4.99 Å². The van der Waals surface area contributed by atoms with Crippen LogP contribution < -0.4 is 15.4 Å². The van der Waals surface area contributed by atoms with Crippen LogP contribution in [0.1, 0.15) is 39.2 Å². The van der Waals surface area contributed by atoms with Crippen molar-refractivity contribution in [2.24, 2.45) is 4.99 Å². The summed E-state index contributed by atoms with van der Waals surface area (Å²) in [6.07, 6.45) is 2.19. The summed E-state index contributed by atoms with van der Waals surface area (Å²) >= 11 is 2.02. The van der Waals surface area contributed by atoms with E-state index in [2.05, 4.69) is 44.4 Å². The molecule has 0 aromatic heterocycles. The van der Waals surface area contributed by atoms with Gasteiger partial charge in [0.15, 0.2) is 5.96 Å². The Bertz CT molecular complexity index is 589. The highest BCUT2D eigenvalue weighted by Crippen LogP contribution is 2.35. The van der Waals surface area contributed by atoms with E-state index < -0.39 is 0 Å². The van der Waals surface area contributed by atoms with Gasteiger partial charge in [0, 0.05) is 24.5 Å². The largest absolute Gasteiger partial charge is 0.489 e. The van der Waals surface area contributed by atoms with Crippen LogP contribution in [0.2, 0.25) is 0 Å². The van der Waals surface area contributed by atoms with Gasteiger partial charge in [0.25, 0.3) is 0 Å². The summed E-state index contributed by atoms with van der Waals surface area (Å²) in [5.74, 6) is 2.91. The van der Waals surface area contributed by atoms with Crippen LogP contribution in [-0.2, 0) is 4.74 Å². The molecule has 1 aromatic carbocycles. The Morgan fingerprint density at radius 3 is 2.61 bits per heavy atom. The van der Waals surface area contributed by atoms with Crippen LogP contribution in [0.5, 0.6) is 5.75 Å². The number of nitrogens with one attached hydrogen (secondary N) is 2. The summed E-state index contributed by atoms with van der Waals surface area (Å²) in [5.41, 5.74) is 1.16. The Morgan fingerprint density at radius 1 is 1.25 bits per heavy atom. The smallest absolute Gasteiger partial charge is 0.191 e. The fraction of sp³-hybridized carbons (Fsp3) is 0.667. The predicted octanol–water partition coefficient (Wildman–Crippen LogP) is 4.24. The van der Waals surface area contributed by atoms with Crippen LogP contribution in [0, 0.1) is 6.92 Å². The molecule has 1 heterocycles. The van der Waals surface area contributed by atoms with Gasteiger partial charge >= 0.3 is 0 Å². The molecular formula is C21H36IN3O2S. The second kappa shape index (κ2) is 13.5. The van der Waals surface area contributed by atoms with E-state index in [9.17, 15) is 0 Å². The minimum Gasteiger partial charge on any atom is -0.489 e. The average Bonchev–Trinajstić information content (AvgIpc) is 2.67. The summed E-state index contributed by atoms with van der Waals surface area (Å²) in [6, 6.07) is 8.12. The Hall–Kier alpha value is -0.670. The lowest BCUT2D eigenvalue weighted by molar-refractivity contribution is 0.0793. The van der Waals surface area contributed by atoms with E-state index in [-0.39, 0.29) is 34.8 Å². The van der Waals surface area contributed by atoms with Crippen LogP contribution in [0.25, 0.3) is 0 Å². The molecule has 1 aromatic rings. The van der Waals surface area contributed by atoms with E-state index in [1.54, 1.807) is 0 Å². The third-order valence-electron chi connectivity index (χ3n) is 4.70. The molecule has 1 aliphatic rings. The van der Waals surface area contributed by atoms with Gasteiger partial charge in [-0.25, -0.2) is 0 Å². The fourth-order valence-corrected chi connectivity index (χ4v) is 4.37. The first-order chi connectivity index (χ1) is 13.1. The molecule has 1 aliphatic heterocycles. The lowest BCUT2D eigenvalue weighted by Gasteiger charge is -2.35. The predicted molar refractivity (Wildman–Crippen MR) is 132 cm³/mol. The van der Waals surface area contributed by atoms with Crippen molar-refractivity contribution >= 4 is 41.7 Å². The maximum absolute atomic E-state index is 6.06. The van der Waals surface area contributed by atoms with E-state index in [1.807, 2.05) is 30.0 Å². The van der Waals surface area contributed by atoms with Gasteiger partial charge < -0.3 is 20.1 Å². The first kappa shape index (κ1) is 25.4. The first-order valence-corrected chi connectivity index (χ1v) is 11.0. The monoisotopic (exact) mass is 521 g/mol. The second-order valence-electron chi connectivity index (χ2n) is 7.00. The van der Waals surface area contributed by atoms with E-state index >= 15 is 0 Å². The molecule has 0 aliphatic carbocycles. The number of benzene rings is 1. The number of thioether (sulfide) groups is 1. The zero-order valence-corrected chi connectivity index (χ0v) is 20.8. The van der Waals surface area contributed by atoms with Gasteiger partial charge in [0.2, 0.25) is 0 Å². The molecule has 1 fully saturated rings.